The third kappa shape index (κ3) is 2.65. The standard InChI is InChI=1S/C12H9BrN2OS/c1-2-16-9-5-3-8(4-6-9)12-15-11(13)10(7-14)17-12/h3-6H,2H2,1H3. The van der Waals surface area contributed by atoms with E-state index in [9.17, 15) is 0 Å². The first-order chi connectivity index (χ1) is 8.24. The van der Waals surface area contributed by atoms with E-state index in [0.717, 1.165) is 16.3 Å². The minimum absolute atomic E-state index is 0.592. The minimum Gasteiger partial charge on any atom is -0.494 e. The highest BCUT2D eigenvalue weighted by atomic mass is 79.9. The van der Waals surface area contributed by atoms with Crippen LogP contribution in [0.15, 0.2) is 28.9 Å². The maximum atomic E-state index is 8.86. The highest BCUT2D eigenvalue weighted by Gasteiger charge is 2.09. The lowest BCUT2D eigenvalue weighted by atomic mass is 10.2. The van der Waals surface area contributed by atoms with Crippen LogP contribution in [0.5, 0.6) is 5.75 Å². The smallest absolute Gasteiger partial charge is 0.139 e. The predicted octanol–water partition coefficient (Wildman–Crippen LogP) is 3.84. The van der Waals surface area contributed by atoms with Gasteiger partial charge < -0.3 is 4.74 Å². The molecule has 1 aromatic heterocycles. The van der Waals surface area contributed by atoms with Gasteiger partial charge in [-0.2, -0.15) is 5.26 Å². The molecule has 0 atom stereocenters. The monoisotopic (exact) mass is 308 g/mol. The van der Waals surface area contributed by atoms with Crippen LogP contribution in [0.25, 0.3) is 10.6 Å². The van der Waals surface area contributed by atoms with Crippen molar-refractivity contribution in [3.05, 3.63) is 33.7 Å². The number of nitriles is 1. The van der Waals surface area contributed by atoms with Gasteiger partial charge in [-0.3, -0.25) is 0 Å². The fraction of sp³-hybridized carbons (Fsp3) is 0.167. The van der Waals surface area contributed by atoms with Crippen LogP contribution in [-0.4, -0.2) is 11.6 Å². The van der Waals surface area contributed by atoms with Gasteiger partial charge in [0.05, 0.1) is 6.61 Å². The van der Waals surface area contributed by atoms with Crippen LogP contribution in [0, 0.1) is 11.3 Å². The number of benzene rings is 1. The van der Waals surface area contributed by atoms with Gasteiger partial charge in [0.15, 0.2) is 0 Å². The Morgan fingerprint density at radius 3 is 2.65 bits per heavy atom. The molecule has 2 rings (SSSR count). The lowest BCUT2D eigenvalue weighted by Crippen LogP contribution is -1.90. The highest BCUT2D eigenvalue weighted by Crippen LogP contribution is 2.31. The molecular weight excluding hydrogens is 300 g/mol. The average Bonchev–Trinajstić information content (AvgIpc) is 2.72. The zero-order chi connectivity index (χ0) is 12.3. The molecule has 0 saturated carbocycles. The first kappa shape index (κ1) is 12.1. The van der Waals surface area contributed by atoms with Gasteiger partial charge in [-0.05, 0) is 47.1 Å². The maximum absolute atomic E-state index is 8.86. The molecule has 0 N–H and O–H groups in total. The molecule has 0 aliphatic heterocycles. The Bertz CT molecular complexity index is 557. The fourth-order valence-electron chi connectivity index (χ4n) is 1.35. The second-order valence-corrected chi connectivity index (χ2v) is 4.96. The Balaban J connectivity index is 2.30. The summed E-state index contributed by atoms with van der Waals surface area (Å²) in [5, 5.41) is 9.69. The van der Waals surface area contributed by atoms with E-state index in [4.69, 9.17) is 10.00 Å². The van der Waals surface area contributed by atoms with E-state index >= 15 is 0 Å². The van der Waals surface area contributed by atoms with Crippen molar-refractivity contribution in [2.45, 2.75) is 6.92 Å². The van der Waals surface area contributed by atoms with E-state index < -0.39 is 0 Å². The third-order valence-electron chi connectivity index (χ3n) is 2.10. The Morgan fingerprint density at radius 2 is 2.12 bits per heavy atom. The van der Waals surface area contributed by atoms with E-state index in [0.29, 0.717) is 16.1 Å². The lowest BCUT2D eigenvalue weighted by molar-refractivity contribution is 0.340. The fourth-order valence-corrected chi connectivity index (χ4v) is 2.74. The summed E-state index contributed by atoms with van der Waals surface area (Å²) in [5.74, 6) is 0.840. The molecule has 17 heavy (non-hydrogen) atoms. The van der Waals surface area contributed by atoms with Crippen molar-refractivity contribution in [2.75, 3.05) is 6.61 Å². The Morgan fingerprint density at radius 1 is 1.41 bits per heavy atom. The molecular formula is C12H9BrN2OS. The van der Waals surface area contributed by atoms with Gasteiger partial charge in [0.1, 0.15) is 26.3 Å². The molecule has 1 heterocycles. The Kier molecular flexibility index (Phi) is 3.77. The minimum atomic E-state index is 0.592. The van der Waals surface area contributed by atoms with Crippen LogP contribution in [0.3, 0.4) is 0 Å². The topological polar surface area (TPSA) is 45.9 Å². The summed E-state index contributed by atoms with van der Waals surface area (Å²) in [7, 11) is 0. The van der Waals surface area contributed by atoms with Crippen LogP contribution in [0.4, 0.5) is 0 Å². The molecule has 0 aliphatic rings. The number of ether oxygens (including phenoxy) is 1. The number of rotatable bonds is 3. The van der Waals surface area contributed by atoms with E-state index in [1.807, 2.05) is 31.2 Å². The van der Waals surface area contributed by atoms with Gasteiger partial charge in [0.2, 0.25) is 0 Å². The second kappa shape index (κ2) is 5.30. The second-order valence-electron chi connectivity index (χ2n) is 3.21. The van der Waals surface area contributed by atoms with Gasteiger partial charge in [-0.1, -0.05) is 0 Å². The van der Waals surface area contributed by atoms with Gasteiger partial charge in [0, 0.05) is 5.56 Å². The van der Waals surface area contributed by atoms with Gasteiger partial charge in [-0.25, -0.2) is 4.98 Å². The van der Waals surface area contributed by atoms with E-state index in [1.165, 1.54) is 11.3 Å². The van der Waals surface area contributed by atoms with Crippen LogP contribution in [-0.2, 0) is 0 Å². The van der Waals surface area contributed by atoms with Crippen LogP contribution in [0.2, 0.25) is 0 Å². The zero-order valence-corrected chi connectivity index (χ0v) is 11.5. The van der Waals surface area contributed by atoms with E-state index in [1.54, 1.807) is 0 Å². The van der Waals surface area contributed by atoms with Crippen LogP contribution < -0.4 is 4.74 Å². The SMILES string of the molecule is CCOc1ccc(-c2nc(Br)c(C#N)s2)cc1. The molecule has 86 valence electrons. The maximum Gasteiger partial charge on any atom is 0.139 e. The van der Waals surface area contributed by atoms with Crippen molar-refractivity contribution >= 4 is 27.3 Å². The number of aromatic nitrogens is 1. The summed E-state index contributed by atoms with van der Waals surface area (Å²) in [6.07, 6.45) is 0. The summed E-state index contributed by atoms with van der Waals surface area (Å²) in [4.78, 5) is 4.89. The number of thiazole rings is 1. The lowest BCUT2D eigenvalue weighted by Gasteiger charge is -2.02. The molecule has 0 fully saturated rings. The summed E-state index contributed by atoms with van der Waals surface area (Å²) >= 11 is 4.64. The van der Waals surface area contributed by atoms with Crippen LogP contribution >= 0.6 is 27.3 Å². The van der Waals surface area contributed by atoms with Crippen molar-refractivity contribution in [1.82, 2.24) is 4.98 Å². The molecule has 0 bridgehead atoms. The summed E-state index contributed by atoms with van der Waals surface area (Å²) in [6, 6.07) is 9.79. The predicted molar refractivity (Wildman–Crippen MR) is 71.1 cm³/mol. The summed E-state index contributed by atoms with van der Waals surface area (Å²) in [6.45, 7) is 2.60. The molecule has 0 aliphatic carbocycles. The molecule has 1 aromatic carbocycles. The molecule has 3 nitrogen and oxygen atoms in total. The Hall–Kier alpha value is -1.38. The molecule has 0 spiro atoms. The van der Waals surface area contributed by atoms with E-state index in [-0.39, 0.29) is 0 Å². The third-order valence-corrected chi connectivity index (χ3v) is 3.94. The van der Waals surface area contributed by atoms with Crippen molar-refractivity contribution < 1.29 is 4.74 Å². The number of hydrogen-bond acceptors (Lipinski definition) is 4. The molecule has 2 aromatic rings. The van der Waals surface area contributed by atoms with Crippen molar-refractivity contribution in [3.63, 3.8) is 0 Å². The largest absolute Gasteiger partial charge is 0.494 e. The normalized spacial score (nSPS) is 9.94. The first-order valence-corrected chi connectivity index (χ1v) is 6.65. The quantitative estimate of drug-likeness (QED) is 0.865. The number of nitrogens with zero attached hydrogens (tertiary/aromatic N) is 2. The molecule has 0 amide bonds. The number of hydrogen-bond donors (Lipinski definition) is 0. The Labute approximate surface area is 112 Å². The van der Waals surface area contributed by atoms with Crippen molar-refractivity contribution in [1.29, 1.82) is 5.26 Å². The van der Waals surface area contributed by atoms with Gasteiger partial charge in [-0.15, -0.1) is 11.3 Å². The van der Waals surface area contributed by atoms with Crippen molar-refractivity contribution in [2.24, 2.45) is 0 Å². The molecule has 0 unspecified atom stereocenters. The summed E-state index contributed by atoms with van der Waals surface area (Å²) in [5.41, 5.74) is 0.987. The first-order valence-electron chi connectivity index (χ1n) is 5.04. The van der Waals surface area contributed by atoms with Gasteiger partial charge >= 0.3 is 0 Å². The number of halogens is 1. The highest BCUT2D eigenvalue weighted by molar-refractivity contribution is 9.10. The average molecular weight is 309 g/mol. The van der Waals surface area contributed by atoms with Crippen molar-refractivity contribution in [3.8, 4) is 22.4 Å². The van der Waals surface area contributed by atoms with Gasteiger partial charge in [0.25, 0.3) is 0 Å². The van der Waals surface area contributed by atoms with Crippen LogP contribution in [0.1, 0.15) is 11.8 Å². The molecule has 5 heteroatoms. The molecule has 0 saturated heterocycles. The zero-order valence-electron chi connectivity index (χ0n) is 9.11. The molecule has 0 radical (unpaired) electrons. The summed E-state index contributed by atoms with van der Waals surface area (Å²) < 4.78 is 5.97. The van der Waals surface area contributed by atoms with E-state index in [2.05, 4.69) is 27.0 Å².